The highest BCUT2D eigenvalue weighted by atomic mass is 16.6. The molecule has 0 aliphatic carbocycles. The number of ether oxygens (including phenoxy) is 1. The van der Waals surface area contributed by atoms with Gasteiger partial charge in [-0.25, -0.2) is 0 Å². The highest BCUT2D eigenvalue weighted by molar-refractivity contribution is 5.78. The summed E-state index contributed by atoms with van der Waals surface area (Å²) in [7, 11) is 0. The smallest absolute Gasteiger partial charge is 0.313 e. The van der Waals surface area contributed by atoms with Crippen molar-refractivity contribution in [3.8, 4) is 0 Å². The molecule has 1 aromatic rings. The summed E-state index contributed by atoms with van der Waals surface area (Å²) in [4.78, 5) is 14.5. The van der Waals surface area contributed by atoms with Gasteiger partial charge in [-0.2, -0.15) is 0 Å². The van der Waals surface area contributed by atoms with Crippen LogP contribution in [0.2, 0.25) is 0 Å². The van der Waals surface area contributed by atoms with Crippen LogP contribution in [0.5, 0.6) is 0 Å². The van der Waals surface area contributed by atoms with Crippen LogP contribution in [0, 0.1) is 0 Å². The second kappa shape index (κ2) is 6.48. The Balaban J connectivity index is 2.02. The molecule has 1 aliphatic heterocycles. The molecule has 1 aromatic carbocycles. The van der Waals surface area contributed by atoms with E-state index in [0.29, 0.717) is 0 Å². The SMILES string of the molecule is CC(C(=O)OC(C)(C)C)c1ccc(N2CCNCC2)cc1. The fraction of sp³-hybridized carbons (Fsp3) is 0.588. The molecular formula is C17H26N2O2. The Kier molecular flexibility index (Phi) is 4.88. The minimum Gasteiger partial charge on any atom is -0.460 e. The number of nitrogens with zero attached hydrogens (tertiary/aromatic N) is 1. The summed E-state index contributed by atoms with van der Waals surface area (Å²) < 4.78 is 5.44. The largest absolute Gasteiger partial charge is 0.460 e. The number of esters is 1. The summed E-state index contributed by atoms with van der Waals surface area (Å²) in [5, 5.41) is 3.35. The molecule has 0 saturated carbocycles. The van der Waals surface area contributed by atoms with Crippen molar-refractivity contribution < 1.29 is 9.53 Å². The van der Waals surface area contributed by atoms with Gasteiger partial charge in [0.25, 0.3) is 0 Å². The predicted octanol–water partition coefficient (Wildman–Crippen LogP) is 2.54. The molecule has 1 unspecified atom stereocenters. The van der Waals surface area contributed by atoms with Gasteiger partial charge in [0.05, 0.1) is 5.92 Å². The van der Waals surface area contributed by atoms with Crippen molar-refractivity contribution in [2.45, 2.75) is 39.2 Å². The highest BCUT2D eigenvalue weighted by Crippen LogP contribution is 2.23. The second-order valence-electron chi connectivity index (χ2n) is 6.58. The van der Waals surface area contributed by atoms with E-state index in [1.54, 1.807) is 0 Å². The van der Waals surface area contributed by atoms with Crippen molar-refractivity contribution in [1.29, 1.82) is 0 Å². The molecule has 0 bridgehead atoms. The molecule has 0 amide bonds. The first-order chi connectivity index (χ1) is 9.87. The zero-order chi connectivity index (χ0) is 15.5. The van der Waals surface area contributed by atoms with Crippen molar-refractivity contribution in [2.24, 2.45) is 0 Å². The van der Waals surface area contributed by atoms with Gasteiger partial charge in [-0.15, -0.1) is 0 Å². The van der Waals surface area contributed by atoms with Crippen LogP contribution in [0.3, 0.4) is 0 Å². The Bertz CT molecular complexity index is 471. The maximum Gasteiger partial charge on any atom is 0.313 e. The van der Waals surface area contributed by atoms with Crippen molar-refractivity contribution in [3.63, 3.8) is 0 Å². The Hall–Kier alpha value is -1.55. The Labute approximate surface area is 127 Å². The van der Waals surface area contributed by atoms with Gasteiger partial charge in [0.1, 0.15) is 5.60 Å². The molecule has 1 heterocycles. The zero-order valence-electron chi connectivity index (χ0n) is 13.5. The molecular weight excluding hydrogens is 264 g/mol. The third-order valence-electron chi connectivity index (χ3n) is 3.64. The van der Waals surface area contributed by atoms with Gasteiger partial charge < -0.3 is 15.0 Å². The van der Waals surface area contributed by atoms with E-state index in [4.69, 9.17) is 4.74 Å². The molecule has 0 radical (unpaired) electrons. The van der Waals surface area contributed by atoms with E-state index < -0.39 is 5.60 Å². The van der Waals surface area contributed by atoms with Gasteiger partial charge in [0, 0.05) is 31.9 Å². The van der Waals surface area contributed by atoms with E-state index in [-0.39, 0.29) is 11.9 Å². The zero-order valence-corrected chi connectivity index (χ0v) is 13.5. The molecule has 1 atom stereocenters. The maximum atomic E-state index is 12.1. The second-order valence-corrected chi connectivity index (χ2v) is 6.58. The number of carbonyl (C=O) groups is 1. The fourth-order valence-corrected chi connectivity index (χ4v) is 2.42. The number of benzene rings is 1. The lowest BCUT2D eigenvalue weighted by Crippen LogP contribution is -2.43. The standard InChI is InChI=1S/C17H26N2O2/c1-13(16(20)21-17(2,3)4)14-5-7-15(8-6-14)19-11-9-18-10-12-19/h5-8,13,18H,9-12H2,1-4H3. The van der Waals surface area contributed by atoms with Crippen molar-refractivity contribution in [2.75, 3.05) is 31.1 Å². The van der Waals surface area contributed by atoms with Crippen LogP contribution >= 0.6 is 0 Å². The van der Waals surface area contributed by atoms with Crippen LogP contribution in [0.4, 0.5) is 5.69 Å². The van der Waals surface area contributed by atoms with Crippen molar-refractivity contribution in [1.82, 2.24) is 5.32 Å². The topological polar surface area (TPSA) is 41.6 Å². The van der Waals surface area contributed by atoms with E-state index in [2.05, 4.69) is 22.3 Å². The van der Waals surface area contributed by atoms with Gasteiger partial charge >= 0.3 is 5.97 Å². The fourth-order valence-electron chi connectivity index (χ4n) is 2.42. The Morgan fingerprint density at radius 3 is 2.29 bits per heavy atom. The lowest BCUT2D eigenvalue weighted by atomic mass is 10.0. The molecule has 21 heavy (non-hydrogen) atoms. The molecule has 2 rings (SSSR count). The number of rotatable bonds is 3. The quantitative estimate of drug-likeness (QED) is 0.869. The van der Waals surface area contributed by atoms with E-state index in [0.717, 1.165) is 31.7 Å². The third kappa shape index (κ3) is 4.46. The highest BCUT2D eigenvalue weighted by Gasteiger charge is 2.23. The summed E-state index contributed by atoms with van der Waals surface area (Å²) in [6.07, 6.45) is 0. The van der Waals surface area contributed by atoms with Gasteiger partial charge in [0.15, 0.2) is 0 Å². The number of carbonyl (C=O) groups excluding carboxylic acids is 1. The van der Waals surface area contributed by atoms with Gasteiger partial charge in [-0.1, -0.05) is 12.1 Å². The summed E-state index contributed by atoms with van der Waals surface area (Å²) in [6.45, 7) is 11.7. The average molecular weight is 290 g/mol. The lowest BCUT2D eigenvalue weighted by Gasteiger charge is -2.29. The van der Waals surface area contributed by atoms with Crippen LogP contribution in [0.15, 0.2) is 24.3 Å². The van der Waals surface area contributed by atoms with Crippen LogP contribution in [-0.2, 0) is 9.53 Å². The van der Waals surface area contributed by atoms with Crippen LogP contribution in [0.25, 0.3) is 0 Å². The molecule has 1 fully saturated rings. The molecule has 116 valence electrons. The maximum absolute atomic E-state index is 12.1. The van der Waals surface area contributed by atoms with Crippen molar-refractivity contribution in [3.05, 3.63) is 29.8 Å². The number of anilines is 1. The van der Waals surface area contributed by atoms with Crippen LogP contribution in [-0.4, -0.2) is 37.7 Å². The van der Waals surface area contributed by atoms with Gasteiger partial charge in [-0.05, 0) is 45.4 Å². The first-order valence-corrected chi connectivity index (χ1v) is 7.65. The number of nitrogens with one attached hydrogen (secondary N) is 1. The number of hydrogen-bond donors (Lipinski definition) is 1. The molecule has 0 spiro atoms. The van der Waals surface area contributed by atoms with Crippen molar-refractivity contribution >= 4 is 11.7 Å². The summed E-state index contributed by atoms with van der Waals surface area (Å²) in [6, 6.07) is 8.26. The van der Waals surface area contributed by atoms with E-state index in [1.165, 1.54) is 5.69 Å². The lowest BCUT2D eigenvalue weighted by molar-refractivity contribution is -0.156. The Morgan fingerprint density at radius 1 is 1.19 bits per heavy atom. The molecule has 1 aliphatic rings. The molecule has 4 nitrogen and oxygen atoms in total. The summed E-state index contributed by atoms with van der Waals surface area (Å²) >= 11 is 0. The minimum atomic E-state index is -0.438. The molecule has 0 aromatic heterocycles. The number of piperazine rings is 1. The number of hydrogen-bond acceptors (Lipinski definition) is 4. The first kappa shape index (κ1) is 15.8. The van der Waals surface area contributed by atoms with E-state index in [1.807, 2.05) is 39.8 Å². The summed E-state index contributed by atoms with van der Waals surface area (Å²) in [5.74, 6) is -0.404. The third-order valence-corrected chi connectivity index (χ3v) is 3.64. The molecule has 4 heteroatoms. The Morgan fingerprint density at radius 2 is 1.76 bits per heavy atom. The van der Waals surface area contributed by atoms with E-state index in [9.17, 15) is 4.79 Å². The van der Waals surface area contributed by atoms with Gasteiger partial charge in [0.2, 0.25) is 0 Å². The van der Waals surface area contributed by atoms with Crippen LogP contribution < -0.4 is 10.2 Å². The minimum absolute atomic E-state index is 0.169. The first-order valence-electron chi connectivity index (χ1n) is 7.65. The predicted molar refractivity (Wildman–Crippen MR) is 85.8 cm³/mol. The average Bonchev–Trinajstić information content (AvgIpc) is 2.46. The van der Waals surface area contributed by atoms with E-state index >= 15 is 0 Å². The normalized spacial score (nSPS) is 17.4. The summed E-state index contributed by atoms with van der Waals surface area (Å²) in [5.41, 5.74) is 1.78. The van der Waals surface area contributed by atoms with Gasteiger partial charge in [-0.3, -0.25) is 4.79 Å². The van der Waals surface area contributed by atoms with Crippen LogP contribution in [0.1, 0.15) is 39.2 Å². The monoisotopic (exact) mass is 290 g/mol. The molecule has 1 N–H and O–H groups in total. The molecule has 1 saturated heterocycles.